The number of likely N-dealkylation sites (tertiary alicyclic amines) is 1. The van der Waals surface area contributed by atoms with Crippen molar-refractivity contribution in [1.82, 2.24) is 4.90 Å². The van der Waals surface area contributed by atoms with E-state index < -0.39 is 0 Å². The van der Waals surface area contributed by atoms with Crippen molar-refractivity contribution >= 4 is 11.7 Å². The van der Waals surface area contributed by atoms with Crippen LogP contribution in [0.4, 0.5) is 10.5 Å². The zero-order valence-electron chi connectivity index (χ0n) is 12.0. The maximum absolute atomic E-state index is 12.1. The predicted octanol–water partition coefficient (Wildman–Crippen LogP) is 3.39. The summed E-state index contributed by atoms with van der Waals surface area (Å²) < 4.78 is 5.35. The second kappa shape index (κ2) is 7.40. The molecule has 1 N–H and O–H groups in total. The van der Waals surface area contributed by atoms with E-state index >= 15 is 0 Å². The zero-order chi connectivity index (χ0) is 15.1. The summed E-state index contributed by atoms with van der Waals surface area (Å²) in [5.74, 6) is 0.783. The van der Waals surface area contributed by atoms with Crippen molar-refractivity contribution in [2.75, 3.05) is 25.0 Å². The average molecular weight is 289 g/mol. The summed E-state index contributed by atoms with van der Waals surface area (Å²) in [6, 6.07) is 7.16. The van der Waals surface area contributed by atoms with Crippen molar-refractivity contribution in [3.63, 3.8) is 0 Å². The lowest BCUT2D eigenvalue weighted by atomic mass is 10.1. The second-order valence-electron chi connectivity index (χ2n) is 4.81. The average Bonchev–Trinajstić information content (AvgIpc) is 2.50. The number of nitrogens with zero attached hydrogens (tertiary/aromatic N) is 4. The molecule has 0 radical (unpaired) electrons. The van der Waals surface area contributed by atoms with E-state index in [0.29, 0.717) is 32.5 Å². The third kappa shape index (κ3) is 4.29. The molecule has 1 heterocycles. The van der Waals surface area contributed by atoms with E-state index in [4.69, 9.17) is 10.3 Å². The third-order valence-electron chi connectivity index (χ3n) is 3.38. The number of azide groups is 1. The molecular formula is C14H19N5O2. The highest BCUT2D eigenvalue weighted by Crippen LogP contribution is 2.18. The molecular weight excluding hydrogens is 270 g/mol. The van der Waals surface area contributed by atoms with Gasteiger partial charge in [-0.2, -0.15) is 0 Å². The molecule has 0 aliphatic carbocycles. The normalized spacial score (nSPS) is 15.2. The quantitative estimate of drug-likeness (QED) is 0.523. The molecule has 1 saturated heterocycles. The molecule has 1 aromatic rings. The highest BCUT2D eigenvalue weighted by atomic mass is 16.5. The van der Waals surface area contributed by atoms with Gasteiger partial charge in [-0.05, 0) is 49.6 Å². The van der Waals surface area contributed by atoms with Gasteiger partial charge in [0, 0.05) is 29.7 Å². The number of amides is 2. The largest absolute Gasteiger partial charge is 0.494 e. The van der Waals surface area contributed by atoms with Crippen LogP contribution in [0.5, 0.6) is 5.75 Å². The highest BCUT2D eigenvalue weighted by Gasteiger charge is 2.21. The van der Waals surface area contributed by atoms with Crippen LogP contribution in [0.2, 0.25) is 0 Å². The second-order valence-corrected chi connectivity index (χ2v) is 4.81. The minimum absolute atomic E-state index is 0.00419. The molecule has 0 bridgehead atoms. The Hall–Kier alpha value is -2.40. The molecule has 2 rings (SSSR count). The van der Waals surface area contributed by atoms with Crippen LogP contribution in [-0.2, 0) is 0 Å². The molecule has 112 valence electrons. The number of piperidine rings is 1. The first-order chi connectivity index (χ1) is 10.2. The molecule has 0 aromatic heterocycles. The van der Waals surface area contributed by atoms with Crippen molar-refractivity contribution in [2.45, 2.75) is 25.8 Å². The number of urea groups is 1. The van der Waals surface area contributed by atoms with Crippen LogP contribution in [0.25, 0.3) is 10.4 Å². The van der Waals surface area contributed by atoms with Crippen LogP contribution in [0.15, 0.2) is 29.4 Å². The first kappa shape index (κ1) is 15.0. The van der Waals surface area contributed by atoms with E-state index in [0.717, 1.165) is 11.4 Å². The Bertz CT molecular complexity index is 517. The summed E-state index contributed by atoms with van der Waals surface area (Å²) in [5, 5.41) is 6.55. The fourth-order valence-corrected chi connectivity index (χ4v) is 2.26. The van der Waals surface area contributed by atoms with Crippen LogP contribution in [0.1, 0.15) is 19.8 Å². The van der Waals surface area contributed by atoms with Crippen molar-refractivity contribution in [2.24, 2.45) is 5.11 Å². The van der Waals surface area contributed by atoms with Gasteiger partial charge in [0.2, 0.25) is 0 Å². The number of nitrogens with one attached hydrogen (secondary N) is 1. The Morgan fingerprint density at radius 1 is 1.43 bits per heavy atom. The molecule has 1 aliphatic rings. The maximum Gasteiger partial charge on any atom is 0.321 e. The van der Waals surface area contributed by atoms with Crippen LogP contribution < -0.4 is 10.1 Å². The smallest absolute Gasteiger partial charge is 0.321 e. The fraction of sp³-hybridized carbons (Fsp3) is 0.500. The number of carbonyl (C=O) groups is 1. The van der Waals surface area contributed by atoms with Crippen LogP contribution in [0.3, 0.4) is 0 Å². The number of anilines is 1. The minimum atomic E-state index is -0.126. The molecule has 1 aliphatic heterocycles. The summed E-state index contributed by atoms with van der Waals surface area (Å²) >= 11 is 0. The topological polar surface area (TPSA) is 90.3 Å². The Balaban J connectivity index is 1.85. The van der Waals surface area contributed by atoms with Crippen molar-refractivity contribution in [3.8, 4) is 5.75 Å². The number of hydrogen-bond donors (Lipinski definition) is 1. The lowest BCUT2D eigenvalue weighted by molar-refractivity contribution is 0.195. The Labute approximate surface area is 123 Å². The molecule has 7 nitrogen and oxygen atoms in total. The van der Waals surface area contributed by atoms with Crippen molar-refractivity contribution in [1.29, 1.82) is 0 Å². The highest BCUT2D eigenvalue weighted by molar-refractivity contribution is 5.89. The summed E-state index contributed by atoms with van der Waals surface area (Å²) in [5.41, 5.74) is 9.14. The van der Waals surface area contributed by atoms with Gasteiger partial charge in [0.05, 0.1) is 6.61 Å². The number of rotatable bonds is 4. The van der Waals surface area contributed by atoms with Gasteiger partial charge in [-0.15, -0.1) is 0 Å². The molecule has 1 fully saturated rings. The van der Waals surface area contributed by atoms with Gasteiger partial charge >= 0.3 is 6.03 Å². The molecule has 1 aromatic carbocycles. The summed E-state index contributed by atoms with van der Waals surface area (Å²) in [6.07, 6.45) is 1.42. The van der Waals surface area contributed by atoms with Gasteiger partial charge in [-0.25, -0.2) is 4.79 Å². The van der Waals surface area contributed by atoms with E-state index in [1.54, 1.807) is 4.90 Å². The summed E-state index contributed by atoms with van der Waals surface area (Å²) in [6.45, 7) is 3.75. The molecule has 21 heavy (non-hydrogen) atoms. The zero-order valence-corrected chi connectivity index (χ0v) is 12.0. The summed E-state index contributed by atoms with van der Waals surface area (Å²) in [7, 11) is 0. The fourth-order valence-electron chi connectivity index (χ4n) is 2.26. The minimum Gasteiger partial charge on any atom is -0.494 e. The number of hydrogen-bond acceptors (Lipinski definition) is 3. The summed E-state index contributed by atoms with van der Waals surface area (Å²) in [4.78, 5) is 16.7. The van der Waals surface area contributed by atoms with E-state index in [1.165, 1.54) is 0 Å². The van der Waals surface area contributed by atoms with E-state index in [9.17, 15) is 4.79 Å². The van der Waals surface area contributed by atoms with E-state index in [2.05, 4.69) is 15.3 Å². The molecule has 2 amide bonds. The van der Waals surface area contributed by atoms with E-state index in [-0.39, 0.29) is 12.1 Å². The Kier molecular flexibility index (Phi) is 5.29. The van der Waals surface area contributed by atoms with Crippen molar-refractivity contribution in [3.05, 3.63) is 34.7 Å². The number of ether oxygens (including phenoxy) is 1. The number of carbonyl (C=O) groups excluding carboxylic acids is 1. The van der Waals surface area contributed by atoms with Gasteiger partial charge in [0.15, 0.2) is 0 Å². The van der Waals surface area contributed by atoms with Gasteiger partial charge in [-0.3, -0.25) is 0 Å². The first-order valence-electron chi connectivity index (χ1n) is 7.06. The lowest BCUT2D eigenvalue weighted by Crippen LogP contribution is -2.41. The Morgan fingerprint density at radius 3 is 2.67 bits per heavy atom. The van der Waals surface area contributed by atoms with Gasteiger partial charge < -0.3 is 15.0 Å². The third-order valence-corrected chi connectivity index (χ3v) is 3.38. The van der Waals surface area contributed by atoms with Crippen molar-refractivity contribution < 1.29 is 9.53 Å². The molecule has 0 atom stereocenters. The molecule has 0 spiro atoms. The monoisotopic (exact) mass is 289 g/mol. The first-order valence-corrected chi connectivity index (χ1v) is 7.06. The van der Waals surface area contributed by atoms with Crippen LogP contribution >= 0.6 is 0 Å². The molecule has 7 heteroatoms. The van der Waals surface area contributed by atoms with Gasteiger partial charge in [0.1, 0.15) is 5.75 Å². The molecule has 0 unspecified atom stereocenters. The van der Waals surface area contributed by atoms with E-state index in [1.807, 2.05) is 31.2 Å². The standard InChI is InChI=1S/C14H19N5O2/c1-2-21-13-5-3-11(4-6-13)16-14(20)19-9-7-12(8-10-19)17-18-15/h3-6,12H,2,7-10H2,1H3,(H,16,20). The van der Waals surface area contributed by atoms with Crippen LogP contribution in [-0.4, -0.2) is 36.7 Å². The predicted molar refractivity (Wildman–Crippen MR) is 80.4 cm³/mol. The maximum atomic E-state index is 12.1. The van der Waals surface area contributed by atoms with Crippen LogP contribution in [0, 0.1) is 0 Å². The lowest BCUT2D eigenvalue weighted by Gasteiger charge is -2.30. The molecule has 0 saturated carbocycles. The van der Waals surface area contributed by atoms with Gasteiger partial charge in [-0.1, -0.05) is 5.11 Å². The van der Waals surface area contributed by atoms with Gasteiger partial charge in [0.25, 0.3) is 0 Å². The number of benzene rings is 1. The Morgan fingerprint density at radius 2 is 2.10 bits per heavy atom. The SMILES string of the molecule is CCOc1ccc(NC(=O)N2CCC(N=[N+]=[N-])CC2)cc1.